The molecule has 0 spiro atoms. The highest BCUT2D eigenvalue weighted by Gasteiger charge is 2.32. The van der Waals surface area contributed by atoms with Crippen LogP contribution in [0.15, 0.2) is 72.0 Å². The van der Waals surface area contributed by atoms with Crippen molar-refractivity contribution in [1.29, 1.82) is 0 Å². The van der Waals surface area contributed by atoms with Crippen molar-refractivity contribution < 1.29 is 32.6 Å². The molecule has 3 fully saturated rings. The molecule has 2 N–H and O–H groups in total. The topological polar surface area (TPSA) is 190 Å². The van der Waals surface area contributed by atoms with Gasteiger partial charge in [-0.15, -0.1) is 0 Å². The first-order valence-corrected chi connectivity index (χ1v) is 21.5. The van der Waals surface area contributed by atoms with Crippen molar-refractivity contribution >= 4 is 56.8 Å². The summed E-state index contributed by atoms with van der Waals surface area (Å²) in [5.74, 6) is -0.429. The van der Waals surface area contributed by atoms with Crippen molar-refractivity contribution in [2.45, 2.75) is 63.6 Å². The number of nitrogens with one attached hydrogen (secondary N) is 2. The van der Waals surface area contributed by atoms with Gasteiger partial charge in [0.05, 0.1) is 60.8 Å². The lowest BCUT2D eigenvalue weighted by atomic mass is 9.86. The van der Waals surface area contributed by atoms with E-state index >= 15 is 0 Å². The predicted octanol–water partition coefficient (Wildman–Crippen LogP) is 5.05. The first kappa shape index (κ1) is 41.2. The van der Waals surface area contributed by atoms with Crippen LogP contribution in [-0.2, 0) is 32.7 Å². The lowest BCUT2D eigenvalue weighted by Crippen LogP contribution is -2.44. The van der Waals surface area contributed by atoms with Crippen LogP contribution < -0.4 is 21.2 Å². The third kappa shape index (κ3) is 7.80. The molecule has 2 aliphatic heterocycles. The summed E-state index contributed by atoms with van der Waals surface area (Å²) in [4.78, 5) is 58.2. The zero-order valence-corrected chi connectivity index (χ0v) is 35.0. The van der Waals surface area contributed by atoms with E-state index in [4.69, 9.17) is 14.6 Å². The lowest BCUT2D eigenvalue weighted by molar-refractivity contribution is -0.135. The number of aromatic nitrogens is 9. The number of anilines is 2. The Morgan fingerprint density at radius 3 is 2.64 bits per heavy atom. The number of benzene rings is 2. The first-order chi connectivity index (χ1) is 31.1. The van der Waals surface area contributed by atoms with Crippen molar-refractivity contribution in [2.75, 3.05) is 49.7 Å². The minimum atomic E-state index is -2.89. The summed E-state index contributed by atoms with van der Waals surface area (Å²) in [7, 11) is 1.69. The molecule has 1 aliphatic carbocycles. The number of para-hydroxylation sites is 1. The third-order valence-corrected chi connectivity index (χ3v) is 12.6. The molecule has 2 saturated heterocycles. The normalized spacial score (nSPS) is 19.6. The number of amides is 3. The fraction of sp³-hybridized carbons (Fsp3) is 0.409. The molecule has 5 aromatic heterocycles. The summed E-state index contributed by atoms with van der Waals surface area (Å²) in [6.07, 6.45) is 7.23. The summed E-state index contributed by atoms with van der Waals surface area (Å²) >= 11 is 0. The Morgan fingerprint density at radius 1 is 1.02 bits per heavy atom. The monoisotopic (exact) mass is 876 g/mol. The molecule has 332 valence electrons. The highest BCUT2D eigenvalue weighted by atomic mass is 19.3. The van der Waals surface area contributed by atoms with E-state index in [0.29, 0.717) is 74.5 Å². The Labute approximate surface area is 363 Å². The van der Waals surface area contributed by atoms with Gasteiger partial charge in [-0.2, -0.15) is 15.3 Å². The average Bonchev–Trinajstić information content (AvgIpc) is 4.09. The van der Waals surface area contributed by atoms with Crippen molar-refractivity contribution in [2.24, 2.45) is 13.0 Å². The molecule has 7 aromatic rings. The van der Waals surface area contributed by atoms with E-state index in [1.807, 2.05) is 53.3 Å². The number of imide groups is 1. The zero-order chi connectivity index (χ0) is 44.1. The number of carbonyl (C=O) groups is 3. The Balaban J connectivity index is 0.740. The smallest absolute Gasteiger partial charge is 0.329 e. The summed E-state index contributed by atoms with van der Waals surface area (Å²) in [6, 6.07) is 12.5. The number of nitrogens with zero attached hydrogens (tertiary/aromatic N) is 10. The first-order valence-electron chi connectivity index (χ1n) is 21.5. The second-order valence-corrected chi connectivity index (χ2v) is 16.6. The van der Waals surface area contributed by atoms with Crippen LogP contribution in [0.4, 0.5) is 20.3 Å². The second kappa shape index (κ2) is 17.1. The van der Waals surface area contributed by atoms with Crippen molar-refractivity contribution in [3.63, 3.8) is 0 Å². The maximum Gasteiger partial charge on any atom is 0.329 e. The number of carbonyl (C=O) groups excluding carboxylic acids is 3. The molecule has 3 amide bonds. The average molecular weight is 877 g/mol. The highest BCUT2D eigenvalue weighted by Crippen LogP contribution is 2.36. The van der Waals surface area contributed by atoms with E-state index in [0.717, 1.165) is 47.7 Å². The van der Waals surface area contributed by atoms with Gasteiger partial charge in [-0.1, -0.05) is 18.2 Å². The van der Waals surface area contributed by atoms with Crippen LogP contribution in [0.3, 0.4) is 0 Å². The fourth-order valence-corrected chi connectivity index (χ4v) is 9.27. The lowest BCUT2D eigenvalue weighted by Gasteiger charge is -2.28. The standard InChI is InChI=1S/C44H46F2N12O6/c1-53-39-30(3-2-4-34(39)58(44(53)62)35-11-12-37(59)50-43(35)61)27-7-10-32-28(21-27)23-55(51-32)17-20-64-25-26-5-8-29(9-6-26)57-24-33(38(52-57)40(45)46)48-42(60)31-22-47-56-14-13-36(49-41(31)56)54-15-18-63-19-16-54/h2-4,7,10,13-14,21-24,26,29,35,40H,5-6,8-9,11-12,15-20,25H2,1H3,(H,48,60)(H,50,59,61)/t26-,29-,35?. The summed E-state index contributed by atoms with van der Waals surface area (Å²) in [5.41, 5.74) is 3.50. The number of aryl methyl sites for hydroxylation is 1. The van der Waals surface area contributed by atoms with Gasteiger partial charge in [-0.3, -0.25) is 38.2 Å². The molecule has 0 radical (unpaired) electrons. The quantitative estimate of drug-likeness (QED) is 0.124. The molecule has 0 bridgehead atoms. The highest BCUT2D eigenvalue weighted by molar-refractivity contribution is 6.08. The van der Waals surface area contributed by atoms with Crippen LogP contribution in [0.5, 0.6) is 0 Å². The molecule has 7 heterocycles. The number of imidazole rings is 1. The van der Waals surface area contributed by atoms with Gasteiger partial charge in [0, 0.05) is 62.7 Å². The SMILES string of the molecule is Cn1c(=O)n(C2CCC(=O)NC2=O)c2cccc(-c3ccc4nn(CCOC[C@H]5CC[C@H](n6cc(NC(=O)c7cnn8ccc(N9CCOCC9)nc78)c(C(F)F)n6)CC5)cc4c3)c21. The maximum absolute atomic E-state index is 14.2. The van der Waals surface area contributed by atoms with Crippen molar-refractivity contribution in [3.8, 4) is 11.1 Å². The molecule has 2 aromatic carbocycles. The number of halogens is 2. The number of alkyl halides is 2. The number of rotatable bonds is 12. The van der Waals surface area contributed by atoms with Crippen LogP contribution in [0.25, 0.3) is 38.7 Å². The van der Waals surface area contributed by atoms with Crippen LogP contribution in [0.1, 0.15) is 73.1 Å². The summed E-state index contributed by atoms with van der Waals surface area (Å²) in [5, 5.41) is 19.2. The van der Waals surface area contributed by atoms with Crippen LogP contribution >= 0.6 is 0 Å². The van der Waals surface area contributed by atoms with Gasteiger partial charge in [0.2, 0.25) is 11.8 Å². The van der Waals surface area contributed by atoms with Gasteiger partial charge in [-0.25, -0.2) is 23.1 Å². The minimum absolute atomic E-state index is 0.0392. The molecule has 1 unspecified atom stereocenters. The Hall–Kier alpha value is -6.80. The molecule has 1 atom stereocenters. The summed E-state index contributed by atoms with van der Waals surface area (Å²) < 4.78 is 48.0. The van der Waals surface area contributed by atoms with Gasteiger partial charge in [0.1, 0.15) is 17.4 Å². The van der Waals surface area contributed by atoms with Crippen molar-refractivity contribution in [3.05, 3.63) is 89.0 Å². The van der Waals surface area contributed by atoms with Gasteiger partial charge in [0.15, 0.2) is 11.3 Å². The van der Waals surface area contributed by atoms with Crippen LogP contribution in [0.2, 0.25) is 0 Å². The molecule has 18 nitrogen and oxygen atoms in total. The number of hydrogen-bond acceptors (Lipinski definition) is 11. The Kier molecular flexibility index (Phi) is 11.0. The van der Waals surface area contributed by atoms with E-state index in [1.165, 1.54) is 21.5 Å². The predicted molar refractivity (Wildman–Crippen MR) is 230 cm³/mol. The van der Waals surface area contributed by atoms with E-state index in [1.54, 1.807) is 22.5 Å². The minimum Gasteiger partial charge on any atom is -0.379 e. The van der Waals surface area contributed by atoms with Gasteiger partial charge < -0.3 is 19.7 Å². The van der Waals surface area contributed by atoms with Crippen LogP contribution in [0, 0.1) is 5.92 Å². The van der Waals surface area contributed by atoms with E-state index in [2.05, 4.69) is 30.7 Å². The van der Waals surface area contributed by atoms with Gasteiger partial charge in [0.25, 0.3) is 12.3 Å². The second-order valence-electron chi connectivity index (χ2n) is 16.6. The van der Waals surface area contributed by atoms with Crippen LogP contribution in [-0.4, -0.2) is 101 Å². The number of fused-ring (bicyclic) bond motifs is 3. The molecule has 3 aliphatic rings. The van der Waals surface area contributed by atoms with Gasteiger partial charge in [-0.05, 0) is 67.9 Å². The fourth-order valence-electron chi connectivity index (χ4n) is 9.27. The van der Waals surface area contributed by atoms with Gasteiger partial charge >= 0.3 is 5.69 Å². The number of morpholine rings is 1. The molecular weight excluding hydrogens is 831 g/mol. The molecule has 64 heavy (non-hydrogen) atoms. The van der Waals surface area contributed by atoms with Crippen molar-refractivity contribution in [1.82, 2.24) is 48.6 Å². The number of piperidine rings is 1. The molecule has 1 saturated carbocycles. The largest absolute Gasteiger partial charge is 0.379 e. The molecular formula is C44H46F2N12O6. The van der Waals surface area contributed by atoms with E-state index in [-0.39, 0.29) is 41.7 Å². The van der Waals surface area contributed by atoms with E-state index in [9.17, 15) is 28.0 Å². The number of hydrogen-bond donors (Lipinski definition) is 2. The molecule has 10 rings (SSSR count). The molecule has 20 heteroatoms. The van der Waals surface area contributed by atoms with E-state index < -0.39 is 30.0 Å². The zero-order valence-electron chi connectivity index (χ0n) is 35.0. The third-order valence-electron chi connectivity index (χ3n) is 12.6. The number of ether oxygens (including phenoxy) is 2. The summed E-state index contributed by atoms with van der Waals surface area (Å²) in [6.45, 7) is 4.03. The Bertz CT molecular complexity index is 2970. The Morgan fingerprint density at radius 2 is 1.84 bits per heavy atom. The maximum atomic E-state index is 14.2.